The highest BCUT2D eigenvalue weighted by molar-refractivity contribution is 7.92. The lowest BCUT2D eigenvalue weighted by Gasteiger charge is -2.11. The van der Waals surface area contributed by atoms with E-state index in [2.05, 4.69) is 9.71 Å². The Kier molecular flexibility index (Phi) is 5.53. The molecule has 128 valence electrons. The van der Waals surface area contributed by atoms with E-state index >= 15 is 0 Å². The van der Waals surface area contributed by atoms with Crippen molar-refractivity contribution in [2.75, 3.05) is 11.3 Å². The number of halogens is 2. The van der Waals surface area contributed by atoms with Gasteiger partial charge in [-0.05, 0) is 31.2 Å². The summed E-state index contributed by atoms with van der Waals surface area (Å²) >= 11 is 11.5. The quantitative estimate of drug-likeness (QED) is 0.759. The summed E-state index contributed by atoms with van der Waals surface area (Å²) < 4.78 is 31.7. The molecule has 0 saturated carbocycles. The third kappa shape index (κ3) is 4.08. The first-order valence-electron chi connectivity index (χ1n) is 6.58. The van der Waals surface area contributed by atoms with Crippen molar-refractivity contribution in [3.8, 4) is 5.75 Å². The maximum atomic E-state index is 12.3. The number of phenols is 1. The predicted octanol–water partition coefficient (Wildman–Crippen LogP) is 3.07. The topological polar surface area (TPSA) is 106 Å². The summed E-state index contributed by atoms with van der Waals surface area (Å²) in [4.78, 5) is 14.8. The summed E-state index contributed by atoms with van der Waals surface area (Å²) in [7, 11) is -4.16. The largest absolute Gasteiger partial charge is 0.505 e. The van der Waals surface area contributed by atoms with E-state index in [0.717, 1.165) is 12.3 Å². The molecule has 1 aromatic carbocycles. The fourth-order valence-electron chi connectivity index (χ4n) is 1.74. The number of hydrogen-bond acceptors (Lipinski definition) is 6. The zero-order valence-electron chi connectivity index (χ0n) is 12.3. The van der Waals surface area contributed by atoms with Crippen molar-refractivity contribution < 1.29 is 23.1 Å². The third-order valence-corrected chi connectivity index (χ3v) is 4.68. The second kappa shape index (κ2) is 7.25. The summed E-state index contributed by atoms with van der Waals surface area (Å²) in [6, 6.07) is 4.92. The number of sulfonamides is 1. The van der Waals surface area contributed by atoms with Gasteiger partial charge in [0.2, 0.25) is 0 Å². The lowest BCUT2D eigenvalue weighted by Crippen LogP contribution is -2.14. The summed E-state index contributed by atoms with van der Waals surface area (Å²) in [5.74, 6) is -1.24. The van der Waals surface area contributed by atoms with Crippen LogP contribution in [0.15, 0.2) is 35.4 Å². The minimum Gasteiger partial charge on any atom is -0.505 e. The maximum absolute atomic E-state index is 12.3. The first kappa shape index (κ1) is 18.3. The Morgan fingerprint density at radius 3 is 2.62 bits per heavy atom. The Morgan fingerprint density at radius 1 is 1.33 bits per heavy atom. The molecule has 0 fully saturated rings. The van der Waals surface area contributed by atoms with Crippen LogP contribution in [0.3, 0.4) is 0 Å². The van der Waals surface area contributed by atoms with Gasteiger partial charge in [-0.1, -0.05) is 23.2 Å². The summed E-state index contributed by atoms with van der Waals surface area (Å²) in [5.41, 5.74) is 0.118. The van der Waals surface area contributed by atoms with E-state index in [1.165, 1.54) is 18.2 Å². The number of ether oxygens (including phenoxy) is 1. The van der Waals surface area contributed by atoms with Gasteiger partial charge in [-0.25, -0.2) is 18.2 Å². The van der Waals surface area contributed by atoms with E-state index in [-0.39, 0.29) is 28.0 Å². The minimum absolute atomic E-state index is 0.0356. The van der Waals surface area contributed by atoms with Gasteiger partial charge in [-0.15, -0.1) is 0 Å². The van der Waals surface area contributed by atoms with Gasteiger partial charge < -0.3 is 9.84 Å². The molecule has 0 unspecified atom stereocenters. The molecule has 1 heterocycles. The average Bonchev–Trinajstić information content (AvgIpc) is 2.51. The zero-order chi connectivity index (χ0) is 17.9. The van der Waals surface area contributed by atoms with Crippen LogP contribution < -0.4 is 4.72 Å². The molecule has 0 aliphatic heterocycles. The van der Waals surface area contributed by atoms with Crippen LogP contribution in [0.1, 0.15) is 17.4 Å². The molecule has 24 heavy (non-hydrogen) atoms. The number of carbonyl (C=O) groups is 1. The molecule has 0 saturated heterocycles. The van der Waals surface area contributed by atoms with Crippen molar-refractivity contribution in [2.45, 2.75) is 11.8 Å². The number of hydrogen-bond donors (Lipinski definition) is 2. The van der Waals surface area contributed by atoms with Crippen LogP contribution in [0.4, 0.5) is 5.69 Å². The Labute approximate surface area is 148 Å². The van der Waals surface area contributed by atoms with E-state index in [9.17, 15) is 18.3 Å². The standard InChI is InChI=1S/C14H12Cl2N2O5S/c1-2-23-14(20)11-4-3-9(7-17-11)18-24(21,22)12-6-8(15)5-10(16)13(12)19/h3-7,18-19H,2H2,1H3. The normalized spacial score (nSPS) is 11.1. The Hall–Kier alpha value is -2.03. The van der Waals surface area contributed by atoms with Crippen LogP contribution in [-0.4, -0.2) is 31.1 Å². The highest BCUT2D eigenvalue weighted by atomic mass is 35.5. The van der Waals surface area contributed by atoms with Crippen molar-refractivity contribution in [3.05, 3.63) is 46.2 Å². The third-order valence-electron chi connectivity index (χ3n) is 2.78. The van der Waals surface area contributed by atoms with Crippen LogP contribution in [0.25, 0.3) is 0 Å². The molecule has 0 radical (unpaired) electrons. The van der Waals surface area contributed by atoms with Gasteiger partial charge in [0.15, 0.2) is 5.75 Å². The molecule has 2 aromatic rings. The maximum Gasteiger partial charge on any atom is 0.356 e. The molecule has 1 aromatic heterocycles. The lowest BCUT2D eigenvalue weighted by molar-refractivity contribution is 0.0519. The number of esters is 1. The number of pyridine rings is 1. The number of aromatic nitrogens is 1. The number of benzene rings is 1. The smallest absolute Gasteiger partial charge is 0.356 e. The van der Waals surface area contributed by atoms with Crippen molar-refractivity contribution in [1.29, 1.82) is 0 Å². The van der Waals surface area contributed by atoms with Crippen LogP contribution in [0.2, 0.25) is 10.0 Å². The van der Waals surface area contributed by atoms with E-state index in [1.54, 1.807) is 6.92 Å². The van der Waals surface area contributed by atoms with Gasteiger partial charge in [0.25, 0.3) is 10.0 Å². The molecule has 0 atom stereocenters. The summed E-state index contributed by atoms with van der Waals surface area (Å²) in [6.45, 7) is 1.85. The number of aromatic hydroxyl groups is 1. The second-order valence-electron chi connectivity index (χ2n) is 4.49. The molecule has 7 nitrogen and oxygen atoms in total. The van der Waals surface area contributed by atoms with Gasteiger partial charge in [0.1, 0.15) is 10.6 Å². The molecule has 0 spiro atoms. The Balaban J connectivity index is 2.29. The van der Waals surface area contributed by atoms with Gasteiger partial charge in [-0.3, -0.25) is 4.72 Å². The molecular formula is C14H12Cl2N2O5S. The predicted molar refractivity (Wildman–Crippen MR) is 89.1 cm³/mol. The molecular weight excluding hydrogens is 379 g/mol. The van der Waals surface area contributed by atoms with Crippen LogP contribution in [0, 0.1) is 0 Å². The number of nitrogens with zero attached hydrogens (tertiary/aromatic N) is 1. The number of rotatable bonds is 5. The summed E-state index contributed by atoms with van der Waals surface area (Å²) in [6.07, 6.45) is 1.15. The number of phenolic OH excluding ortho intramolecular Hbond substituents is 1. The van der Waals surface area contributed by atoms with Gasteiger partial charge in [0.05, 0.1) is 23.5 Å². The van der Waals surface area contributed by atoms with E-state index in [4.69, 9.17) is 27.9 Å². The molecule has 0 bridgehead atoms. The van der Waals surface area contributed by atoms with Crippen LogP contribution in [-0.2, 0) is 14.8 Å². The van der Waals surface area contributed by atoms with E-state index < -0.39 is 26.6 Å². The molecule has 0 aliphatic rings. The fraction of sp³-hybridized carbons (Fsp3) is 0.143. The van der Waals surface area contributed by atoms with Gasteiger partial charge >= 0.3 is 5.97 Å². The minimum atomic E-state index is -4.16. The second-order valence-corrected chi connectivity index (χ2v) is 6.99. The highest BCUT2D eigenvalue weighted by Gasteiger charge is 2.22. The molecule has 2 N–H and O–H groups in total. The Morgan fingerprint density at radius 2 is 2.04 bits per heavy atom. The molecule has 0 amide bonds. The monoisotopic (exact) mass is 390 g/mol. The average molecular weight is 391 g/mol. The van der Waals surface area contributed by atoms with Crippen LogP contribution >= 0.6 is 23.2 Å². The van der Waals surface area contributed by atoms with Crippen molar-refractivity contribution in [1.82, 2.24) is 4.98 Å². The fourth-order valence-corrected chi connectivity index (χ4v) is 3.54. The van der Waals surface area contributed by atoms with Crippen molar-refractivity contribution >= 4 is 44.9 Å². The molecule has 10 heteroatoms. The zero-order valence-corrected chi connectivity index (χ0v) is 14.6. The van der Waals surface area contributed by atoms with Crippen LogP contribution in [0.5, 0.6) is 5.75 Å². The Bertz CT molecular complexity index is 869. The van der Waals surface area contributed by atoms with Crippen molar-refractivity contribution in [2.24, 2.45) is 0 Å². The van der Waals surface area contributed by atoms with E-state index in [1.807, 2.05) is 0 Å². The van der Waals surface area contributed by atoms with E-state index in [0.29, 0.717) is 0 Å². The van der Waals surface area contributed by atoms with Gasteiger partial charge in [0, 0.05) is 5.02 Å². The van der Waals surface area contributed by atoms with Crippen molar-refractivity contribution in [3.63, 3.8) is 0 Å². The number of nitrogens with one attached hydrogen (secondary N) is 1. The summed E-state index contributed by atoms with van der Waals surface area (Å²) in [5, 5.41) is 9.68. The first-order chi connectivity index (χ1) is 11.2. The molecule has 0 aliphatic carbocycles. The SMILES string of the molecule is CCOC(=O)c1ccc(NS(=O)(=O)c2cc(Cl)cc(Cl)c2O)cn1. The first-order valence-corrected chi connectivity index (χ1v) is 8.82. The number of carbonyl (C=O) groups excluding carboxylic acids is 1. The highest BCUT2D eigenvalue weighted by Crippen LogP contribution is 2.34. The van der Waals surface area contributed by atoms with Gasteiger partial charge in [-0.2, -0.15) is 0 Å². The molecule has 2 rings (SSSR count). The lowest BCUT2D eigenvalue weighted by atomic mass is 10.3. The number of anilines is 1.